The minimum Gasteiger partial charge on any atom is -0.368 e. The van der Waals surface area contributed by atoms with E-state index in [-0.39, 0.29) is 5.91 Å². The molecule has 1 saturated heterocycles. The van der Waals surface area contributed by atoms with Gasteiger partial charge in [-0.1, -0.05) is 42.5 Å². The quantitative estimate of drug-likeness (QED) is 0.610. The van der Waals surface area contributed by atoms with Crippen molar-refractivity contribution in [3.05, 3.63) is 89.3 Å². The van der Waals surface area contributed by atoms with Crippen molar-refractivity contribution in [2.75, 3.05) is 31.1 Å². The summed E-state index contributed by atoms with van der Waals surface area (Å²) < 4.78 is 1.89. The van der Waals surface area contributed by atoms with E-state index in [1.807, 2.05) is 40.1 Å². The average molecular weight is 401 g/mol. The summed E-state index contributed by atoms with van der Waals surface area (Å²) in [6.45, 7) is 8.24. The van der Waals surface area contributed by atoms with Crippen molar-refractivity contribution in [1.82, 2.24) is 14.7 Å². The summed E-state index contributed by atoms with van der Waals surface area (Å²) in [5, 5.41) is 4.39. The van der Waals surface area contributed by atoms with Crippen molar-refractivity contribution in [2.45, 2.75) is 20.4 Å². The molecule has 0 saturated carbocycles. The first-order valence-electron chi connectivity index (χ1n) is 10.4. The Bertz CT molecular complexity index is 1030. The van der Waals surface area contributed by atoms with Crippen molar-refractivity contribution in [2.24, 2.45) is 0 Å². The Balaban J connectivity index is 1.32. The minimum absolute atomic E-state index is 0.0615. The zero-order valence-electron chi connectivity index (χ0n) is 17.7. The fourth-order valence-electron chi connectivity index (χ4n) is 3.84. The first-order valence-corrected chi connectivity index (χ1v) is 10.4. The number of carbonyl (C=O) groups is 1. The lowest BCUT2D eigenvalue weighted by atomic mass is 10.1. The zero-order valence-corrected chi connectivity index (χ0v) is 17.7. The van der Waals surface area contributed by atoms with E-state index in [4.69, 9.17) is 0 Å². The van der Waals surface area contributed by atoms with E-state index in [1.54, 1.807) is 12.3 Å². The van der Waals surface area contributed by atoms with Crippen LogP contribution in [-0.2, 0) is 11.3 Å². The normalized spacial score (nSPS) is 14.5. The Hall–Kier alpha value is -3.34. The molecule has 1 fully saturated rings. The number of amides is 1. The van der Waals surface area contributed by atoms with Gasteiger partial charge in [0, 0.05) is 49.7 Å². The Morgan fingerprint density at radius 2 is 1.77 bits per heavy atom. The minimum atomic E-state index is 0.0615. The molecular formula is C25H28N4O. The lowest BCUT2D eigenvalue weighted by molar-refractivity contribution is -0.126. The molecule has 1 aromatic heterocycles. The Morgan fingerprint density at radius 1 is 1.00 bits per heavy atom. The number of benzene rings is 2. The third kappa shape index (κ3) is 4.62. The molecule has 0 aliphatic carbocycles. The summed E-state index contributed by atoms with van der Waals surface area (Å²) >= 11 is 0. The van der Waals surface area contributed by atoms with Crippen LogP contribution in [0, 0.1) is 13.8 Å². The maximum atomic E-state index is 12.6. The number of piperazine rings is 1. The van der Waals surface area contributed by atoms with Gasteiger partial charge < -0.3 is 9.80 Å². The molecule has 0 unspecified atom stereocenters. The van der Waals surface area contributed by atoms with Gasteiger partial charge in [0.1, 0.15) is 0 Å². The van der Waals surface area contributed by atoms with Gasteiger partial charge in [0.15, 0.2) is 0 Å². The first-order chi connectivity index (χ1) is 14.6. The van der Waals surface area contributed by atoms with Crippen molar-refractivity contribution in [1.29, 1.82) is 0 Å². The van der Waals surface area contributed by atoms with Gasteiger partial charge in [0.25, 0.3) is 0 Å². The molecule has 5 heteroatoms. The fourth-order valence-corrected chi connectivity index (χ4v) is 3.84. The van der Waals surface area contributed by atoms with Crippen LogP contribution in [0.4, 0.5) is 5.69 Å². The lowest BCUT2D eigenvalue weighted by Crippen LogP contribution is -2.48. The highest BCUT2D eigenvalue weighted by Gasteiger charge is 2.21. The first kappa shape index (κ1) is 20.0. The number of nitrogens with zero attached hydrogens (tertiary/aromatic N) is 4. The van der Waals surface area contributed by atoms with E-state index >= 15 is 0 Å². The van der Waals surface area contributed by atoms with Gasteiger partial charge in [-0.15, -0.1) is 0 Å². The molecule has 0 spiro atoms. The van der Waals surface area contributed by atoms with Crippen LogP contribution in [0.25, 0.3) is 6.08 Å². The standard InChI is InChI=1S/C25H28N4O/c1-20-7-6-10-24(21(20)2)27-13-15-28(16-14-27)25(30)12-11-23-17-26-29(19-23)18-22-8-4-3-5-9-22/h3-12,17,19H,13-16,18H2,1-2H3/b12-11+. The number of carbonyl (C=O) groups excluding carboxylic acids is 1. The molecule has 5 nitrogen and oxygen atoms in total. The van der Waals surface area contributed by atoms with Gasteiger partial charge in [-0.3, -0.25) is 9.48 Å². The van der Waals surface area contributed by atoms with E-state index in [0.717, 1.165) is 38.3 Å². The molecule has 0 bridgehead atoms. The summed E-state index contributed by atoms with van der Waals surface area (Å²) in [6.07, 6.45) is 7.28. The largest absolute Gasteiger partial charge is 0.368 e. The van der Waals surface area contributed by atoms with Crippen molar-refractivity contribution in [3.63, 3.8) is 0 Å². The SMILES string of the molecule is Cc1cccc(N2CCN(C(=O)/C=C/c3cnn(Cc4ccccc4)c3)CC2)c1C. The van der Waals surface area contributed by atoms with Crippen molar-refractivity contribution < 1.29 is 4.79 Å². The third-order valence-electron chi connectivity index (χ3n) is 5.77. The lowest BCUT2D eigenvalue weighted by Gasteiger charge is -2.36. The van der Waals surface area contributed by atoms with E-state index in [0.29, 0.717) is 0 Å². The molecule has 30 heavy (non-hydrogen) atoms. The van der Waals surface area contributed by atoms with Crippen molar-refractivity contribution in [3.8, 4) is 0 Å². The highest BCUT2D eigenvalue weighted by molar-refractivity contribution is 5.91. The van der Waals surface area contributed by atoms with Gasteiger partial charge in [-0.05, 0) is 42.7 Å². The molecule has 1 amide bonds. The summed E-state index contributed by atoms with van der Waals surface area (Å²) in [6, 6.07) is 16.6. The summed E-state index contributed by atoms with van der Waals surface area (Å²) in [5.74, 6) is 0.0615. The number of anilines is 1. The molecular weight excluding hydrogens is 372 g/mol. The average Bonchev–Trinajstić information content (AvgIpc) is 3.22. The van der Waals surface area contributed by atoms with Crippen LogP contribution in [0.2, 0.25) is 0 Å². The number of rotatable bonds is 5. The van der Waals surface area contributed by atoms with Gasteiger partial charge in [0.05, 0.1) is 12.7 Å². The van der Waals surface area contributed by atoms with Crippen LogP contribution < -0.4 is 4.90 Å². The zero-order chi connectivity index (χ0) is 20.9. The Kier molecular flexibility index (Phi) is 5.98. The second kappa shape index (κ2) is 8.99. The molecule has 1 aliphatic heterocycles. The maximum Gasteiger partial charge on any atom is 0.246 e. The highest BCUT2D eigenvalue weighted by atomic mass is 16.2. The molecule has 4 rings (SSSR count). The van der Waals surface area contributed by atoms with Gasteiger partial charge in [-0.2, -0.15) is 5.10 Å². The van der Waals surface area contributed by atoms with E-state index in [9.17, 15) is 4.79 Å². The second-order valence-corrected chi connectivity index (χ2v) is 7.82. The van der Waals surface area contributed by atoms with Crippen LogP contribution in [-0.4, -0.2) is 46.8 Å². The van der Waals surface area contributed by atoms with Crippen LogP contribution >= 0.6 is 0 Å². The van der Waals surface area contributed by atoms with Crippen molar-refractivity contribution >= 4 is 17.7 Å². The van der Waals surface area contributed by atoms with Gasteiger partial charge >= 0.3 is 0 Å². The smallest absolute Gasteiger partial charge is 0.246 e. The Labute approximate surface area is 178 Å². The Morgan fingerprint density at radius 3 is 2.53 bits per heavy atom. The van der Waals surface area contributed by atoms with E-state index in [2.05, 4.69) is 54.2 Å². The van der Waals surface area contributed by atoms with E-state index < -0.39 is 0 Å². The molecule has 1 aliphatic rings. The predicted octanol–water partition coefficient (Wildman–Crippen LogP) is 3.91. The molecule has 3 aromatic rings. The molecule has 2 aromatic carbocycles. The highest BCUT2D eigenvalue weighted by Crippen LogP contribution is 2.24. The van der Waals surface area contributed by atoms with Crippen LogP contribution in [0.15, 0.2) is 67.0 Å². The molecule has 0 N–H and O–H groups in total. The summed E-state index contributed by atoms with van der Waals surface area (Å²) in [7, 11) is 0. The molecule has 154 valence electrons. The number of hydrogen-bond donors (Lipinski definition) is 0. The van der Waals surface area contributed by atoms with Crippen LogP contribution in [0.3, 0.4) is 0 Å². The molecule has 2 heterocycles. The third-order valence-corrected chi connectivity index (χ3v) is 5.77. The molecule has 0 atom stereocenters. The monoisotopic (exact) mass is 400 g/mol. The maximum absolute atomic E-state index is 12.6. The predicted molar refractivity (Wildman–Crippen MR) is 122 cm³/mol. The second-order valence-electron chi connectivity index (χ2n) is 7.82. The van der Waals surface area contributed by atoms with Gasteiger partial charge in [-0.25, -0.2) is 0 Å². The number of aryl methyl sites for hydroxylation is 1. The van der Waals surface area contributed by atoms with E-state index in [1.165, 1.54) is 22.4 Å². The van der Waals surface area contributed by atoms with Crippen LogP contribution in [0.1, 0.15) is 22.3 Å². The topological polar surface area (TPSA) is 41.4 Å². The van der Waals surface area contributed by atoms with Gasteiger partial charge in [0.2, 0.25) is 5.91 Å². The van der Waals surface area contributed by atoms with Crippen LogP contribution in [0.5, 0.6) is 0 Å². The summed E-state index contributed by atoms with van der Waals surface area (Å²) in [4.78, 5) is 16.9. The number of aromatic nitrogens is 2. The summed E-state index contributed by atoms with van der Waals surface area (Å²) in [5.41, 5.74) is 6.05. The number of hydrogen-bond acceptors (Lipinski definition) is 3. The fraction of sp³-hybridized carbons (Fsp3) is 0.280. The molecule has 0 radical (unpaired) electrons.